The number of aliphatic hydroxyl groups excluding tert-OH is 2. The largest absolute Gasteiger partial charge is 0.488 e. The van der Waals surface area contributed by atoms with Gasteiger partial charge in [-0.05, 0) is 124 Å². The molecule has 1 amide bonds. The first kappa shape index (κ1) is 56.0. The van der Waals surface area contributed by atoms with Crippen LogP contribution in [0.5, 0.6) is 5.75 Å². The number of allylic oxidation sites excluding steroid dienone is 2. The molecule has 1 aliphatic carbocycles. The number of piperidine rings is 1. The maximum Gasteiger partial charge on any atom is 0.329 e. The van der Waals surface area contributed by atoms with Crippen molar-refractivity contribution in [3.63, 3.8) is 0 Å². The third kappa shape index (κ3) is 12.7. The summed E-state index contributed by atoms with van der Waals surface area (Å²) in [5, 5.41) is 36.8. The lowest BCUT2D eigenvalue weighted by atomic mass is 9.81. The molecule has 2 aromatic carbocycles. The first-order valence-electron chi connectivity index (χ1n) is 26.5. The van der Waals surface area contributed by atoms with E-state index in [0.29, 0.717) is 43.3 Å². The van der Waals surface area contributed by atoms with Gasteiger partial charge in [-0.2, -0.15) is 0 Å². The van der Waals surface area contributed by atoms with Crippen LogP contribution in [0.4, 0.5) is 0 Å². The minimum absolute atomic E-state index is 0.0247. The minimum atomic E-state index is -2.59. The van der Waals surface area contributed by atoms with Crippen LogP contribution in [0.25, 0.3) is 10.9 Å². The third-order valence-electron chi connectivity index (χ3n) is 16.4. The Hall–Kier alpha value is -4.74. The summed E-state index contributed by atoms with van der Waals surface area (Å²) < 4.78 is 39.3. The van der Waals surface area contributed by atoms with Gasteiger partial charge in [0.2, 0.25) is 5.79 Å². The monoisotopic (exact) mass is 1010 g/mol. The molecule has 15 heteroatoms. The van der Waals surface area contributed by atoms with Crippen LogP contribution in [0.15, 0.2) is 84.1 Å². The Kier molecular flexibility index (Phi) is 19.0. The summed E-state index contributed by atoms with van der Waals surface area (Å²) in [7, 11) is 4.63. The predicted octanol–water partition coefficient (Wildman–Crippen LogP) is 7.53. The summed E-state index contributed by atoms with van der Waals surface area (Å²) >= 11 is 0. The number of benzene rings is 2. The number of aliphatic hydroxyl groups is 3. The Morgan fingerprint density at radius 3 is 2.27 bits per heavy atom. The number of carbonyl (C=O) groups excluding carboxylic acids is 4. The predicted molar refractivity (Wildman–Crippen MR) is 275 cm³/mol. The molecule has 15 nitrogen and oxygen atoms in total. The average molecular weight is 1010 g/mol. The fraction of sp³-hybridized carbons (Fsp3) is 0.621. The lowest BCUT2D eigenvalue weighted by Gasteiger charge is -2.47. The first-order valence-corrected chi connectivity index (χ1v) is 26.5. The number of cyclic esters (lactones) is 1. The lowest BCUT2D eigenvalue weighted by Crippen LogP contribution is -2.64. The number of amides is 1. The Bertz CT molecular complexity index is 2430. The minimum Gasteiger partial charge on any atom is -0.488 e. The molecule has 2 saturated heterocycles. The van der Waals surface area contributed by atoms with Gasteiger partial charge in [0.1, 0.15) is 35.9 Å². The zero-order valence-corrected chi connectivity index (χ0v) is 44.3. The Morgan fingerprint density at radius 1 is 0.863 bits per heavy atom. The molecule has 0 spiro atoms. The lowest BCUT2D eigenvalue weighted by molar-refractivity contribution is -0.302. The van der Waals surface area contributed by atoms with Gasteiger partial charge in [0.15, 0.2) is 0 Å². The molecule has 3 fully saturated rings. The number of hydrogen-bond acceptors (Lipinski definition) is 13. The van der Waals surface area contributed by atoms with Crippen molar-refractivity contribution in [1.29, 1.82) is 0 Å². The van der Waals surface area contributed by atoms with Crippen molar-refractivity contribution in [2.45, 2.75) is 173 Å². The highest BCUT2D eigenvalue weighted by Gasteiger charge is 2.57. The smallest absolute Gasteiger partial charge is 0.329 e. The van der Waals surface area contributed by atoms with Gasteiger partial charge in [-0.15, -0.1) is 0 Å². The van der Waals surface area contributed by atoms with Gasteiger partial charge in [0.25, 0.3) is 11.7 Å². The Balaban J connectivity index is 1.15. The molecule has 1 saturated carbocycles. The number of ether oxygens (including phenoxy) is 6. The van der Waals surface area contributed by atoms with Crippen LogP contribution in [0.1, 0.15) is 111 Å². The summed E-state index contributed by atoms with van der Waals surface area (Å²) in [5.41, 5.74) is 3.54. The summed E-state index contributed by atoms with van der Waals surface area (Å²) in [6.07, 6.45) is 3.49. The zero-order valence-electron chi connectivity index (χ0n) is 44.3. The first-order chi connectivity index (χ1) is 34.9. The van der Waals surface area contributed by atoms with E-state index in [1.54, 1.807) is 34.0 Å². The average Bonchev–Trinajstić information content (AvgIpc) is 3.79. The second-order valence-electron chi connectivity index (χ2n) is 21.4. The summed E-state index contributed by atoms with van der Waals surface area (Å²) in [5.74, 6) is -7.88. The number of fused-ring (bicyclic) bond motifs is 4. The van der Waals surface area contributed by atoms with E-state index in [-0.39, 0.29) is 56.1 Å². The van der Waals surface area contributed by atoms with Crippen molar-refractivity contribution >= 4 is 34.3 Å². The maximum absolute atomic E-state index is 14.6. The molecule has 1 aromatic heterocycles. The van der Waals surface area contributed by atoms with Gasteiger partial charge in [0.05, 0.1) is 30.5 Å². The molecule has 3 aliphatic heterocycles. The van der Waals surface area contributed by atoms with E-state index >= 15 is 0 Å². The number of methoxy groups -OCH3 is 3. The van der Waals surface area contributed by atoms with Crippen molar-refractivity contribution in [1.82, 2.24) is 9.47 Å². The number of ketones is 2. The van der Waals surface area contributed by atoms with Crippen molar-refractivity contribution in [3.8, 4) is 5.75 Å². The summed E-state index contributed by atoms with van der Waals surface area (Å²) in [6, 6.07) is 17.4. The molecular weight excluding hydrogens is 933 g/mol. The molecule has 0 radical (unpaired) electrons. The van der Waals surface area contributed by atoms with Crippen molar-refractivity contribution in [2.75, 3.05) is 27.9 Å². The van der Waals surface area contributed by atoms with Gasteiger partial charge in [-0.3, -0.25) is 14.4 Å². The number of hydrogen-bond donors (Lipinski definition) is 3. The number of esters is 1. The van der Waals surface area contributed by atoms with Crippen LogP contribution in [-0.4, -0.2) is 137 Å². The molecule has 400 valence electrons. The summed E-state index contributed by atoms with van der Waals surface area (Å²) in [4.78, 5) is 58.8. The standard InChI is InChI=1S/C58H80N2O13/c1-10-41-27-34(2)52(63)35(3)28-50(69-8)54-51(70-9)29-37(5)58(67,73-54)55(64)56(65)60-24-15-14-18-45(60)57(66)72-53(38(6)46(61)32-47(41)62)36(4)26-40-19-22-48(49(30-40)68-7)71-43-20-21-44-42(31-43)23-25-59(44)33-39-16-12-11-13-17-39/h11-13,16-17,20-21,23,25-27,31,35,37-38,40-41,45-46,48-54,61,63,67H,10,14-15,18-19,22,24,28-30,32-33H2,1-9H3/b34-27+,36-26?. The highest BCUT2D eigenvalue weighted by Crippen LogP contribution is 2.40. The van der Waals surface area contributed by atoms with Gasteiger partial charge >= 0.3 is 5.97 Å². The van der Waals surface area contributed by atoms with Crippen LogP contribution >= 0.6 is 0 Å². The number of rotatable bonds is 10. The molecule has 3 N–H and O–H groups in total. The van der Waals surface area contributed by atoms with E-state index in [4.69, 9.17) is 28.4 Å². The topological polar surface area (TPSA) is 193 Å². The normalized spacial score (nSPS) is 35.6. The molecule has 4 heterocycles. The van der Waals surface area contributed by atoms with E-state index < -0.39 is 89.8 Å². The highest BCUT2D eigenvalue weighted by atomic mass is 16.7. The van der Waals surface area contributed by atoms with Crippen LogP contribution < -0.4 is 4.74 Å². The van der Waals surface area contributed by atoms with Crippen LogP contribution in [0.3, 0.4) is 0 Å². The Labute approximate surface area is 431 Å². The second kappa shape index (κ2) is 24.7. The van der Waals surface area contributed by atoms with E-state index in [1.807, 2.05) is 45.0 Å². The second-order valence-corrected chi connectivity index (χ2v) is 21.4. The maximum atomic E-state index is 14.6. The number of nitrogens with zero attached hydrogens (tertiary/aromatic N) is 2. The van der Waals surface area contributed by atoms with E-state index in [1.165, 1.54) is 24.7 Å². The molecular formula is C58H80N2O13. The highest BCUT2D eigenvalue weighted by molar-refractivity contribution is 6.39. The number of Topliss-reactive ketones (excluding diaryl/α,β-unsaturated/α-hetero) is 2. The molecule has 7 rings (SSSR count). The molecule has 73 heavy (non-hydrogen) atoms. The van der Waals surface area contributed by atoms with E-state index in [2.05, 4.69) is 47.2 Å². The van der Waals surface area contributed by atoms with Crippen LogP contribution in [0, 0.1) is 29.6 Å². The van der Waals surface area contributed by atoms with Crippen molar-refractivity contribution in [2.24, 2.45) is 29.6 Å². The van der Waals surface area contributed by atoms with Crippen LogP contribution in [0.2, 0.25) is 0 Å². The fourth-order valence-corrected chi connectivity index (χ4v) is 11.8. The molecule has 15 atom stereocenters. The van der Waals surface area contributed by atoms with E-state index in [0.717, 1.165) is 29.6 Å². The van der Waals surface area contributed by atoms with Gasteiger partial charge in [-0.1, -0.05) is 70.2 Å². The van der Waals surface area contributed by atoms with Gasteiger partial charge in [-0.25, -0.2) is 4.79 Å². The Morgan fingerprint density at radius 2 is 1.58 bits per heavy atom. The quantitative estimate of drug-likeness (QED) is 0.103. The van der Waals surface area contributed by atoms with Gasteiger partial charge in [0, 0.05) is 75.7 Å². The van der Waals surface area contributed by atoms with Crippen molar-refractivity contribution < 1.29 is 62.9 Å². The number of aromatic nitrogens is 1. The fourth-order valence-electron chi connectivity index (χ4n) is 11.8. The van der Waals surface area contributed by atoms with Crippen LogP contribution in [-0.2, 0) is 49.4 Å². The van der Waals surface area contributed by atoms with Crippen molar-refractivity contribution in [3.05, 3.63) is 89.7 Å². The summed E-state index contributed by atoms with van der Waals surface area (Å²) in [6.45, 7) is 11.5. The SMILES string of the molecule is CCC1/C=C(\C)C(O)C(C)CC(OC)C2OC(O)(C(=O)C(=O)N3CCCCC3C(=O)OC(C(C)=CC3CCC(Oc4ccc5c(ccn5Cc5ccccc5)c4)C(OC)C3)C(C)C(O)CC1=O)C(C)CC2OC. The molecule has 15 unspecified atom stereocenters. The zero-order chi connectivity index (χ0) is 52.7. The number of carbonyl (C=O) groups is 4. The third-order valence-corrected chi connectivity index (χ3v) is 16.4. The molecule has 3 aromatic rings. The molecule has 2 bridgehead atoms. The van der Waals surface area contributed by atoms with E-state index in [9.17, 15) is 34.5 Å². The van der Waals surface area contributed by atoms with Gasteiger partial charge < -0.3 is 53.2 Å². The molecule has 4 aliphatic rings.